The van der Waals surface area contributed by atoms with Crippen LogP contribution < -0.4 is 10.6 Å². The molecule has 1 aromatic carbocycles. The van der Waals surface area contributed by atoms with Gasteiger partial charge in [-0.1, -0.05) is 19.0 Å². The highest BCUT2D eigenvalue weighted by molar-refractivity contribution is 5.87. The largest absolute Gasteiger partial charge is 0.478 e. The van der Waals surface area contributed by atoms with Gasteiger partial charge in [0.15, 0.2) is 17.4 Å². The number of halogens is 2. The topological polar surface area (TPSA) is 114 Å². The lowest BCUT2D eigenvalue weighted by Gasteiger charge is -2.38. The summed E-state index contributed by atoms with van der Waals surface area (Å²) in [4.78, 5) is 23.7. The smallest absolute Gasteiger partial charge is 0.331 e. The molecular weight excluding hydrogens is 448 g/mol. The Balaban J connectivity index is 1.78. The molecule has 0 unspecified atom stereocenters. The zero-order valence-electron chi connectivity index (χ0n) is 19.3. The first-order chi connectivity index (χ1) is 16.2. The number of hydrogen-bond donors (Lipinski definition) is 3. The number of benzene rings is 1. The number of carboxylic acid groups (broad SMARTS) is 1. The van der Waals surface area contributed by atoms with E-state index in [1.807, 2.05) is 13.8 Å². The van der Waals surface area contributed by atoms with Gasteiger partial charge in [0.1, 0.15) is 0 Å². The van der Waals surface area contributed by atoms with Crippen LogP contribution in [0.1, 0.15) is 45.7 Å². The monoisotopic (exact) mass is 477 g/mol. The van der Waals surface area contributed by atoms with Crippen molar-refractivity contribution < 1.29 is 32.7 Å². The van der Waals surface area contributed by atoms with Crippen LogP contribution in [0.4, 0.5) is 8.78 Å². The van der Waals surface area contributed by atoms with E-state index in [4.69, 9.17) is 9.26 Å². The van der Waals surface area contributed by atoms with Crippen molar-refractivity contribution >= 4 is 11.9 Å². The highest BCUT2D eigenvalue weighted by Gasteiger charge is 2.37. The fourth-order valence-corrected chi connectivity index (χ4v) is 3.98. The van der Waals surface area contributed by atoms with Gasteiger partial charge in [0.05, 0.1) is 23.9 Å². The fourth-order valence-electron chi connectivity index (χ4n) is 3.98. The van der Waals surface area contributed by atoms with Crippen molar-refractivity contribution in [1.29, 1.82) is 0 Å². The van der Waals surface area contributed by atoms with Crippen molar-refractivity contribution in [3.05, 3.63) is 53.2 Å². The van der Waals surface area contributed by atoms with Gasteiger partial charge in [-0.15, -0.1) is 0 Å². The van der Waals surface area contributed by atoms with Gasteiger partial charge in [0, 0.05) is 36.7 Å². The molecule has 1 aliphatic carbocycles. The molecule has 3 rings (SSSR count). The molecule has 0 spiro atoms. The Morgan fingerprint density at radius 2 is 1.97 bits per heavy atom. The maximum Gasteiger partial charge on any atom is 0.331 e. The zero-order valence-corrected chi connectivity index (χ0v) is 19.3. The molecule has 1 amide bonds. The molecule has 184 valence electrons. The summed E-state index contributed by atoms with van der Waals surface area (Å²) >= 11 is 0. The number of hydrogen-bond acceptors (Lipinski definition) is 6. The summed E-state index contributed by atoms with van der Waals surface area (Å²) in [5.41, 5.74) is 1.00. The maximum absolute atomic E-state index is 13.5. The first-order valence-electron chi connectivity index (χ1n) is 11.2. The Morgan fingerprint density at radius 1 is 1.24 bits per heavy atom. The van der Waals surface area contributed by atoms with E-state index in [1.54, 1.807) is 12.1 Å². The van der Waals surface area contributed by atoms with Gasteiger partial charge >= 0.3 is 5.97 Å². The summed E-state index contributed by atoms with van der Waals surface area (Å²) in [7, 11) is 0. The minimum absolute atomic E-state index is 0.0829. The SMILES string of the molecule is CCC(CC)O[C@@H]1C=C(C(=O)O)C[C@H](NCc2cc(-c3ccc(F)c(F)c3)on2)[C@H]1NC(C)=O. The van der Waals surface area contributed by atoms with Gasteiger partial charge in [-0.2, -0.15) is 0 Å². The van der Waals surface area contributed by atoms with Crippen LogP contribution in [0.3, 0.4) is 0 Å². The number of carbonyl (C=O) groups excluding carboxylic acids is 1. The average Bonchev–Trinajstić information content (AvgIpc) is 3.27. The Labute approximate surface area is 196 Å². The molecule has 0 saturated heterocycles. The van der Waals surface area contributed by atoms with Gasteiger partial charge in [-0.05, 0) is 43.5 Å². The number of aromatic nitrogens is 1. The molecule has 3 atom stereocenters. The van der Waals surface area contributed by atoms with Crippen molar-refractivity contribution in [3.63, 3.8) is 0 Å². The third kappa shape index (κ3) is 6.27. The Hall–Kier alpha value is -3.11. The molecule has 3 N–H and O–H groups in total. The van der Waals surface area contributed by atoms with E-state index < -0.39 is 35.8 Å². The second-order valence-electron chi connectivity index (χ2n) is 8.27. The Bertz CT molecular complexity index is 1050. The number of nitrogens with zero attached hydrogens (tertiary/aromatic N) is 1. The van der Waals surface area contributed by atoms with Crippen molar-refractivity contribution in [2.45, 2.75) is 70.9 Å². The Kier molecular flexibility index (Phi) is 8.51. The maximum atomic E-state index is 13.5. The van der Waals surface area contributed by atoms with Gasteiger partial charge in [-0.3, -0.25) is 4.79 Å². The van der Waals surface area contributed by atoms with Crippen LogP contribution in [0.15, 0.2) is 40.4 Å². The van der Waals surface area contributed by atoms with Gasteiger partial charge in [0.25, 0.3) is 0 Å². The zero-order chi connectivity index (χ0) is 24.8. The van der Waals surface area contributed by atoms with Crippen LogP contribution in [0.25, 0.3) is 11.3 Å². The van der Waals surface area contributed by atoms with Gasteiger partial charge in [-0.25, -0.2) is 13.6 Å². The minimum Gasteiger partial charge on any atom is -0.478 e. The van der Waals surface area contributed by atoms with E-state index >= 15 is 0 Å². The van der Waals surface area contributed by atoms with Crippen molar-refractivity contribution in [2.24, 2.45) is 0 Å². The van der Waals surface area contributed by atoms with E-state index in [1.165, 1.54) is 13.0 Å². The lowest BCUT2D eigenvalue weighted by Crippen LogP contribution is -2.58. The quantitative estimate of drug-likeness (QED) is 0.479. The van der Waals surface area contributed by atoms with Gasteiger partial charge < -0.3 is 25.0 Å². The van der Waals surface area contributed by atoms with E-state index in [9.17, 15) is 23.5 Å². The van der Waals surface area contributed by atoms with Crippen molar-refractivity contribution in [2.75, 3.05) is 0 Å². The van der Waals surface area contributed by atoms with E-state index in [0.717, 1.165) is 25.0 Å². The molecule has 0 radical (unpaired) electrons. The number of rotatable bonds is 10. The predicted octanol–water partition coefficient (Wildman–Crippen LogP) is 3.57. The first kappa shape index (κ1) is 25.5. The van der Waals surface area contributed by atoms with Crippen molar-refractivity contribution in [3.8, 4) is 11.3 Å². The third-order valence-electron chi connectivity index (χ3n) is 5.81. The number of carboxylic acids is 1. The molecule has 0 fully saturated rings. The first-order valence-corrected chi connectivity index (χ1v) is 11.2. The molecular formula is C24H29F2N3O5. The standard InChI is InChI=1S/C24H29F2N3O5/c1-4-17(5-2)33-22-10-15(24(31)32)9-20(23(22)28-13(3)30)27-12-16-11-21(34-29-16)14-6-7-18(25)19(26)8-14/h6-8,10-11,17,20,22-23,27H,4-5,9,12H2,1-3H3,(H,28,30)(H,31,32)/t20-,22+,23+/m0/s1. The highest BCUT2D eigenvalue weighted by Crippen LogP contribution is 2.26. The van der Waals surface area contributed by atoms with Crippen LogP contribution in [0.5, 0.6) is 0 Å². The number of ether oxygens (including phenoxy) is 1. The lowest BCUT2D eigenvalue weighted by atomic mass is 9.87. The number of amides is 1. The molecule has 8 nitrogen and oxygen atoms in total. The molecule has 0 saturated carbocycles. The third-order valence-corrected chi connectivity index (χ3v) is 5.81. The van der Waals surface area contributed by atoms with E-state index in [-0.39, 0.29) is 36.3 Å². The summed E-state index contributed by atoms with van der Waals surface area (Å²) < 4.78 is 38.2. The van der Waals surface area contributed by atoms with Crippen LogP contribution in [-0.4, -0.2) is 46.4 Å². The van der Waals surface area contributed by atoms with Crippen LogP contribution >= 0.6 is 0 Å². The fraction of sp³-hybridized carbons (Fsp3) is 0.458. The summed E-state index contributed by atoms with van der Waals surface area (Å²) in [5, 5.41) is 19.7. The molecule has 1 aliphatic rings. The number of aliphatic carboxylic acids is 1. The average molecular weight is 478 g/mol. The number of nitrogens with one attached hydrogen (secondary N) is 2. The molecule has 0 bridgehead atoms. The molecule has 1 aromatic heterocycles. The second-order valence-corrected chi connectivity index (χ2v) is 8.27. The van der Waals surface area contributed by atoms with Crippen LogP contribution in [0.2, 0.25) is 0 Å². The predicted molar refractivity (Wildman–Crippen MR) is 120 cm³/mol. The molecule has 2 aromatic rings. The molecule has 34 heavy (non-hydrogen) atoms. The van der Waals surface area contributed by atoms with Crippen LogP contribution in [0, 0.1) is 11.6 Å². The van der Waals surface area contributed by atoms with Crippen molar-refractivity contribution in [1.82, 2.24) is 15.8 Å². The molecule has 1 heterocycles. The van der Waals surface area contributed by atoms with E-state index in [2.05, 4.69) is 15.8 Å². The minimum atomic E-state index is -1.05. The van der Waals surface area contributed by atoms with Gasteiger partial charge in [0.2, 0.25) is 5.91 Å². The normalized spacial score (nSPS) is 20.3. The summed E-state index contributed by atoms with van der Waals surface area (Å²) in [6.07, 6.45) is 2.52. The summed E-state index contributed by atoms with van der Waals surface area (Å²) in [6.45, 7) is 5.56. The molecule has 0 aliphatic heterocycles. The number of carbonyl (C=O) groups is 2. The molecule has 10 heteroatoms. The van der Waals surface area contributed by atoms with E-state index in [0.29, 0.717) is 11.3 Å². The summed E-state index contributed by atoms with van der Waals surface area (Å²) in [5.74, 6) is -3.00. The highest BCUT2D eigenvalue weighted by atomic mass is 19.2. The second kappa shape index (κ2) is 11.3. The lowest BCUT2D eigenvalue weighted by molar-refractivity contribution is -0.133. The Morgan fingerprint density at radius 3 is 2.59 bits per heavy atom. The summed E-state index contributed by atoms with van der Waals surface area (Å²) in [6, 6.07) is 4.03. The van der Waals surface area contributed by atoms with Crippen LogP contribution in [-0.2, 0) is 20.9 Å².